The lowest BCUT2D eigenvalue weighted by Crippen LogP contribution is -2.42. The zero-order chi connectivity index (χ0) is 23.6. The largest absolute Gasteiger partial charge is 0.487 e. The molecule has 2 aromatic carbocycles. The Morgan fingerprint density at radius 3 is 2.76 bits per heavy atom. The first-order chi connectivity index (χ1) is 15.7. The molecule has 4 rings (SSSR count). The average molecular weight is 494 g/mol. The molecule has 0 spiro atoms. The number of carbonyl (C=O) groups is 2. The number of nitrogens with one attached hydrogen (secondary N) is 1. The zero-order valence-corrected chi connectivity index (χ0v) is 19.0. The molecular formula is C22H21ClFN3O5S. The SMILES string of the molecule is O=C(Nc1ccc(OCc2cccc(F)c2)c(Cl)c1)C1=NN(C2CCS(=O)(=O)C2)C(=O)CC1. The number of sulfone groups is 1. The number of carbonyl (C=O) groups excluding carboxylic acids is 2. The summed E-state index contributed by atoms with van der Waals surface area (Å²) in [5, 5.41) is 8.23. The summed E-state index contributed by atoms with van der Waals surface area (Å²) in [6.07, 6.45) is 0.540. The van der Waals surface area contributed by atoms with Crippen molar-refractivity contribution in [3.63, 3.8) is 0 Å². The van der Waals surface area contributed by atoms with Gasteiger partial charge in [-0.25, -0.2) is 17.8 Å². The van der Waals surface area contributed by atoms with Crippen molar-refractivity contribution >= 4 is 44.7 Å². The maximum atomic E-state index is 13.3. The first kappa shape index (κ1) is 23.2. The molecule has 1 atom stereocenters. The normalized spacial score (nSPS) is 19.8. The lowest BCUT2D eigenvalue weighted by Gasteiger charge is -2.27. The van der Waals surface area contributed by atoms with Crippen LogP contribution in [0.4, 0.5) is 10.1 Å². The van der Waals surface area contributed by atoms with Crippen molar-refractivity contribution in [2.75, 3.05) is 16.8 Å². The predicted molar refractivity (Wildman–Crippen MR) is 121 cm³/mol. The lowest BCUT2D eigenvalue weighted by molar-refractivity contribution is -0.133. The number of hydrogen-bond acceptors (Lipinski definition) is 6. The van der Waals surface area contributed by atoms with Crippen LogP contribution in [0.15, 0.2) is 47.6 Å². The summed E-state index contributed by atoms with van der Waals surface area (Å²) in [5.74, 6) is -0.933. The summed E-state index contributed by atoms with van der Waals surface area (Å²) in [6, 6.07) is 10.2. The Morgan fingerprint density at radius 1 is 1.24 bits per heavy atom. The zero-order valence-electron chi connectivity index (χ0n) is 17.5. The Morgan fingerprint density at radius 2 is 2.06 bits per heavy atom. The van der Waals surface area contributed by atoms with Gasteiger partial charge in [0, 0.05) is 18.5 Å². The van der Waals surface area contributed by atoms with E-state index in [2.05, 4.69) is 10.4 Å². The molecule has 8 nitrogen and oxygen atoms in total. The molecule has 1 saturated heterocycles. The second-order valence-electron chi connectivity index (χ2n) is 7.86. The molecule has 2 aromatic rings. The molecular weight excluding hydrogens is 473 g/mol. The highest BCUT2D eigenvalue weighted by Crippen LogP contribution is 2.29. The number of halogens is 2. The van der Waals surface area contributed by atoms with E-state index in [-0.39, 0.29) is 53.4 Å². The Labute approximate surface area is 195 Å². The molecule has 0 saturated carbocycles. The molecule has 0 aromatic heterocycles. The maximum Gasteiger partial charge on any atom is 0.271 e. The van der Waals surface area contributed by atoms with Crippen LogP contribution in [-0.2, 0) is 26.0 Å². The highest BCUT2D eigenvalue weighted by molar-refractivity contribution is 7.91. The van der Waals surface area contributed by atoms with Gasteiger partial charge in [0.25, 0.3) is 5.91 Å². The number of amides is 2. The van der Waals surface area contributed by atoms with E-state index in [1.165, 1.54) is 18.2 Å². The van der Waals surface area contributed by atoms with Crippen molar-refractivity contribution in [2.24, 2.45) is 5.10 Å². The smallest absolute Gasteiger partial charge is 0.271 e. The second kappa shape index (κ2) is 9.48. The molecule has 1 unspecified atom stereocenters. The van der Waals surface area contributed by atoms with E-state index in [0.29, 0.717) is 23.4 Å². The fourth-order valence-electron chi connectivity index (χ4n) is 3.67. The third-order valence-corrected chi connectivity index (χ3v) is 7.39. The highest BCUT2D eigenvalue weighted by Gasteiger charge is 2.37. The van der Waals surface area contributed by atoms with Gasteiger partial charge < -0.3 is 10.1 Å². The molecule has 2 heterocycles. The van der Waals surface area contributed by atoms with Gasteiger partial charge in [-0.2, -0.15) is 5.10 Å². The minimum atomic E-state index is -3.20. The third kappa shape index (κ3) is 5.69. The van der Waals surface area contributed by atoms with Gasteiger partial charge in [-0.1, -0.05) is 23.7 Å². The Balaban J connectivity index is 1.41. The van der Waals surface area contributed by atoms with Gasteiger partial charge in [-0.05, 0) is 42.3 Å². The van der Waals surface area contributed by atoms with Crippen LogP contribution in [0.3, 0.4) is 0 Å². The van der Waals surface area contributed by atoms with Crippen LogP contribution in [0.5, 0.6) is 5.75 Å². The van der Waals surface area contributed by atoms with Crippen molar-refractivity contribution in [1.82, 2.24) is 5.01 Å². The number of rotatable bonds is 6. The number of hydrogen-bond donors (Lipinski definition) is 1. The first-order valence-electron chi connectivity index (χ1n) is 10.3. The van der Waals surface area contributed by atoms with E-state index in [1.54, 1.807) is 24.3 Å². The Bertz CT molecular complexity index is 1230. The monoisotopic (exact) mass is 493 g/mol. The number of ether oxygens (including phenoxy) is 1. The average Bonchev–Trinajstić information content (AvgIpc) is 3.13. The van der Waals surface area contributed by atoms with E-state index in [1.807, 2.05) is 0 Å². The van der Waals surface area contributed by atoms with Crippen molar-refractivity contribution in [3.05, 3.63) is 58.9 Å². The van der Waals surface area contributed by atoms with Gasteiger partial charge in [0.1, 0.15) is 23.9 Å². The number of hydrazone groups is 1. The fraction of sp³-hybridized carbons (Fsp3) is 0.318. The van der Waals surface area contributed by atoms with Gasteiger partial charge in [0.15, 0.2) is 9.84 Å². The number of benzene rings is 2. The molecule has 2 aliphatic heterocycles. The molecule has 2 amide bonds. The molecule has 174 valence electrons. The van der Waals surface area contributed by atoms with Crippen LogP contribution in [0.2, 0.25) is 5.02 Å². The van der Waals surface area contributed by atoms with Crippen LogP contribution >= 0.6 is 11.6 Å². The molecule has 33 heavy (non-hydrogen) atoms. The minimum Gasteiger partial charge on any atom is -0.487 e. The van der Waals surface area contributed by atoms with Crippen LogP contribution < -0.4 is 10.1 Å². The van der Waals surface area contributed by atoms with Crippen molar-refractivity contribution < 1.29 is 27.1 Å². The van der Waals surface area contributed by atoms with Gasteiger partial charge in [-0.15, -0.1) is 0 Å². The van der Waals surface area contributed by atoms with E-state index < -0.39 is 21.8 Å². The van der Waals surface area contributed by atoms with Crippen molar-refractivity contribution in [2.45, 2.75) is 31.9 Å². The Kier molecular flexibility index (Phi) is 6.66. The van der Waals surface area contributed by atoms with E-state index >= 15 is 0 Å². The highest BCUT2D eigenvalue weighted by atomic mass is 35.5. The molecule has 0 radical (unpaired) electrons. The quantitative estimate of drug-likeness (QED) is 0.665. The van der Waals surface area contributed by atoms with Crippen molar-refractivity contribution in [3.8, 4) is 5.75 Å². The van der Waals surface area contributed by atoms with E-state index in [9.17, 15) is 22.4 Å². The van der Waals surface area contributed by atoms with E-state index in [4.69, 9.17) is 16.3 Å². The summed E-state index contributed by atoms with van der Waals surface area (Å²) in [5.41, 5.74) is 1.19. The van der Waals surface area contributed by atoms with Crippen LogP contribution in [-0.4, -0.2) is 48.5 Å². The molecule has 1 fully saturated rings. The first-order valence-corrected chi connectivity index (χ1v) is 12.5. The van der Waals surface area contributed by atoms with E-state index in [0.717, 1.165) is 5.01 Å². The van der Waals surface area contributed by atoms with Gasteiger partial charge >= 0.3 is 0 Å². The van der Waals surface area contributed by atoms with Gasteiger partial charge in [-0.3, -0.25) is 9.59 Å². The maximum absolute atomic E-state index is 13.3. The number of anilines is 1. The van der Waals surface area contributed by atoms with Crippen LogP contribution in [0, 0.1) is 5.82 Å². The molecule has 0 bridgehead atoms. The topological polar surface area (TPSA) is 105 Å². The second-order valence-corrected chi connectivity index (χ2v) is 10.5. The molecule has 2 aliphatic rings. The lowest BCUT2D eigenvalue weighted by atomic mass is 10.1. The summed E-state index contributed by atoms with van der Waals surface area (Å²) < 4.78 is 42.4. The van der Waals surface area contributed by atoms with Crippen LogP contribution in [0.1, 0.15) is 24.8 Å². The Hall–Kier alpha value is -2.98. The molecule has 1 N–H and O–H groups in total. The summed E-state index contributed by atoms with van der Waals surface area (Å²) in [4.78, 5) is 24.9. The van der Waals surface area contributed by atoms with Crippen LogP contribution in [0.25, 0.3) is 0 Å². The standard InChI is InChI=1S/C22H21ClFN3O5S/c23-18-11-16(4-6-20(18)32-12-14-2-1-3-15(24)10-14)25-22(29)19-5-7-21(28)27(26-19)17-8-9-33(30,31)13-17/h1-4,6,10-11,17H,5,7-9,12-13H2,(H,25,29). The van der Waals surface area contributed by atoms with Gasteiger partial charge in [0.2, 0.25) is 5.91 Å². The minimum absolute atomic E-state index is 0.00459. The fourth-order valence-corrected chi connectivity index (χ4v) is 5.60. The predicted octanol–water partition coefficient (Wildman–Crippen LogP) is 3.16. The summed E-state index contributed by atoms with van der Waals surface area (Å²) in [6.45, 7) is 0.126. The van der Waals surface area contributed by atoms with Crippen molar-refractivity contribution in [1.29, 1.82) is 0 Å². The third-order valence-electron chi connectivity index (χ3n) is 5.35. The summed E-state index contributed by atoms with van der Waals surface area (Å²) >= 11 is 6.26. The molecule has 11 heteroatoms. The number of nitrogens with zero attached hydrogens (tertiary/aromatic N) is 2. The molecule has 0 aliphatic carbocycles. The van der Waals surface area contributed by atoms with Gasteiger partial charge in [0.05, 0.1) is 22.6 Å². The summed E-state index contributed by atoms with van der Waals surface area (Å²) in [7, 11) is -3.20.